The first-order valence-corrected chi connectivity index (χ1v) is 22.2. The Hall–Kier alpha value is -4.09. The third kappa shape index (κ3) is 14.7. The molecule has 2 fully saturated rings. The molecule has 18 heteroatoms. The van der Waals surface area contributed by atoms with Crippen LogP contribution < -0.4 is 37.2 Å². The lowest BCUT2D eigenvalue weighted by molar-refractivity contribution is -0.143. The summed E-state index contributed by atoms with van der Waals surface area (Å²) in [6.07, 6.45) is 3.93. The predicted octanol–water partition coefficient (Wildman–Crippen LogP) is -0.0111. The Morgan fingerprint density at radius 2 is 1.18 bits per heavy atom. The number of fused-ring (bicyclic) bond motifs is 1. The summed E-state index contributed by atoms with van der Waals surface area (Å²) in [6.45, 7) is 15.8. The van der Waals surface area contributed by atoms with Crippen molar-refractivity contribution in [3.8, 4) is 0 Å². The van der Waals surface area contributed by atoms with Gasteiger partial charge >= 0.3 is 0 Å². The average molecular weight is 825 g/mol. The Morgan fingerprint density at radius 1 is 0.649 bits per heavy atom. The number of hydrogen-bond acceptors (Lipinski definition) is 9. The quantitative estimate of drug-likeness (QED) is 0.148. The third-order valence-electron chi connectivity index (χ3n) is 11.1. The number of nitrogens with one attached hydrogen (secondary N) is 7. The topological polar surface area (TPSA) is 241 Å². The van der Waals surface area contributed by atoms with E-state index in [4.69, 9.17) is 0 Å². The summed E-state index contributed by atoms with van der Waals surface area (Å²) in [5, 5.41) is 18.9. The van der Waals surface area contributed by atoms with Crippen LogP contribution in [0.4, 0.5) is 0 Å². The third-order valence-corrected chi connectivity index (χ3v) is 11.9. The minimum atomic E-state index is -1.33. The second kappa shape index (κ2) is 23.3. The molecule has 0 saturated carbocycles. The summed E-state index contributed by atoms with van der Waals surface area (Å²) in [5.74, 6) is -6.17. The van der Waals surface area contributed by atoms with Gasteiger partial charge in [-0.05, 0) is 56.3 Å². The Labute approximate surface area is 340 Å². The van der Waals surface area contributed by atoms with Gasteiger partial charge in [-0.1, -0.05) is 74.7 Å². The zero-order valence-corrected chi connectivity index (χ0v) is 36.3. The van der Waals surface area contributed by atoms with Gasteiger partial charge < -0.3 is 42.1 Å². The van der Waals surface area contributed by atoms with Gasteiger partial charge in [0.2, 0.25) is 47.3 Å². The lowest BCUT2D eigenvalue weighted by atomic mass is 9.95. The highest BCUT2D eigenvalue weighted by atomic mass is 32.2. The molecule has 11 atom stereocenters. The van der Waals surface area contributed by atoms with E-state index in [-0.39, 0.29) is 42.9 Å². The van der Waals surface area contributed by atoms with Gasteiger partial charge in [-0.2, -0.15) is 0 Å². The maximum atomic E-state index is 14.1. The van der Waals surface area contributed by atoms with E-state index in [1.54, 1.807) is 20.8 Å². The fraction of sp³-hybridized carbons (Fsp3) is 0.795. The molecule has 2 heterocycles. The van der Waals surface area contributed by atoms with E-state index < -0.39 is 113 Å². The molecule has 324 valence electrons. The van der Waals surface area contributed by atoms with Crippen molar-refractivity contribution in [3.05, 3.63) is 0 Å². The van der Waals surface area contributed by atoms with Crippen molar-refractivity contribution in [2.45, 2.75) is 150 Å². The molecular weight excluding hydrogens is 757 g/mol. The molecule has 2 rings (SSSR count). The minimum Gasteiger partial charge on any atom is -0.345 e. The molecule has 0 aromatic carbocycles. The fourth-order valence-corrected chi connectivity index (χ4v) is 7.34. The Kier molecular flexibility index (Phi) is 20.1. The van der Waals surface area contributed by atoms with Crippen LogP contribution >= 0.6 is 0 Å². The molecule has 0 bridgehead atoms. The molecule has 0 aliphatic carbocycles. The number of amides is 8. The van der Waals surface area contributed by atoms with Crippen LogP contribution in [0, 0.1) is 23.7 Å². The lowest BCUT2D eigenvalue weighted by Gasteiger charge is -2.33. The van der Waals surface area contributed by atoms with Gasteiger partial charge in [-0.25, -0.2) is 0 Å². The first-order valence-electron chi connectivity index (χ1n) is 20.4. The van der Waals surface area contributed by atoms with Crippen LogP contribution in [0.15, 0.2) is 0 Å². The van der Waals surface area contributed by atoms with E-state index in [0.717, 1.165) is 0 Å². The molecule has 8 amide bonds. The normalized spacial score (nSPS) is 29.0. The monoisotopic (exact) mass is 824 g/mol. The number of hydrogen-bond donors (Lipinski definition) is 7. The van der Waals surface area contributed by atoms with Crippen molar-refractivity contribution in [2.24, 2.45) is 23.7 Å². The van der Waals surface area contributed by atoms with Gasteiger partial charge in [-0.15, -0.1) is 0 Å². The van der Waals surface area contributed by atoms with Crippen molar-refractivity contribution in [1.29, 1.82) is 0 Å². The van der Waals surface area contributed by atoms with E-state index in [9.17, 15) is 42.6 Å². The minimum absolute atomic E-state index is 0.0385. The Bertz CT molecular complexity index is 1480. The highest BCUT2D eigenvalue weighted by Gasteiger charge is 2.41. The number of carbonyl (C=O) groups is 8. The van der Waals surface area contributed by atoms with E-state index in [1.165, 1.54) is 18.1 Å². The molecule has 2 aliphatic heterocycles. The zero-order valence-electron chi connectivity index (χ0n) is 35.5. The van der Waals surface area contributed by atoms with E-state index in [2.05, 4.69) is 37.2 Å². The number of nitrogens with zero attached hydrogens (tertiary/aromatic N) is 1. The number of carbonyl (C=O) groups excluding carboxylic acids is 8. The average Bonchev–Trinajstić information content (AvgIpc) is 3.66. The summed E-state index contributed by atoms with van der Waals surface area (Å²) in [7, 11) is -1.33. The van der Waals surface area contributed by atoms with Crippen LogP contribution in [0.2, 0.25) is 0 Å². The molecule has 57 heavy (non-hydrogen) atoms. The van der Waals surface area contributed by atoms with E-state index in [1.807, 2.05) is 34.6 Å². The summed E-state index contributed by atoms with van der Waals surface area (Å²) in [5.41, 5.74) is 0. The number of rotatable bonds is 11. The predicted molar refractivity (Wildman–Crippen MR) is 216 cm³/mol. The molecule has 2 saturated heterocycles. The molecule has 2 aliphatic rings. The Balaban J connectivity index is 2.62. The van der Waals surface area contributed by atoms with Crippen molar-refractivity contribution in [1.82, 2.24) is 42.1 Å². The molecule has 0 aromatic heterocycles. The second-order valence-corrected chi connectivity index (χ2v) is 17.7. The summed E-state index contributed by atoms with van der Waals surface area (Å²) in [6, 6.07) is -7.61. The Morgan fingerprint density at radius 3 is 1.70 bits per heavy atom. The van der Waals surface area contributed by atoms with Crippen LogP contribution in [0.5, 0.6) is 0 Å². The highest BCUT2D eigenvalue weighted by Crippen LogP contribution is 2.23. The van der Waals surface area contributed by atoms with Crippen LogP contribution in [-0.2, 0) is 49.2 Å². The van der Waals surface area contributed by atoms with Crippen molar-refractivity contribution < 1.29 is 42.6 Å². The van der Waals surface area contributed by atoms with Gasteiger partial charge in [0.05, 0.1) is 6.54 Å². The maximum absolute atomic E-state index is 14.1. The molecule has 1 unspecified atom stereocenters. The molecule has 0 aromatic rings. The van der Waals surface area contributed by atoms with Crippen molar-refractivity contribution in [3.63, 3.8) is 0 Å². The highest BCUT2D eigenvalue weighted by molar-refractivity contribution is 7.84. The summed E-state index contributed by atoms with van der Waals surface area (Å²) < 4.78 is 12.0. The van der Waals surface area contributed by atoms with Crippen molar-refractivity contribution >= 4 is 58.1 Å². The van der Waals surface area contributed by atoms with Crippen LogP contribution in [-0.4, -0.2) is 124 Å². The SMILES string of the molecule is CC[C@H](C)[C@@H]1NC(=O)[C@H](C)NC(=O)[C@H](CC(C)C)NC(=O)[C@H]([C@@H](C)CC)NC(=O)[C@@H]2CCCN2C(=O)[C@H]([C@@H](C)CC)NC(=O)CNC(=O)[C@H](CCS(C)=O)NC1=O. The largest absolute Gasteiger partial charge is 0.345 e. The second-order valence-electron chi connectivity index (χ2n) is 16.1. The van der Waals surface area contributed by atoms with E-state index in [0.29, 0.717) is 32.1 Å². The standard InChI is InChI=1S/C39H68N8O9S/c1-11-22(6)30-37(53)42-26(16-18-57(10)56)34(50)40-20-29(48)44-32(24(8)13-3)39(55)47-17-14-15-28(47)36(52)46-31(23(7)12-2)38(54)43-27(19-21(4)5)35(51)41-25(9)33(49)45-30/h21-28,30-32H,11-20H2,1-10H3,(H,40,50)(H,41,51)(H,42,53)(H,43,54)(H,44,48)(H,45,49)(H,46,52)/t22-,23-,24-,25-,26-,27-,28-,30-,31-,32-,57?/m0/s1. The van der Waals surface area contributed by atoms with Gasteiger partial charge in [0.1, 0.15) is 42.3 Å². The van der Waals surface area contributed by atoms with Gasteiger partial charge in [0.15, 0.2) is 0 Å². The molecule has 17 nitrogen and oxygen atoms in total. The van der Waals surface area contributed by atoms with Gasteiger partial charge in [0, 0.05) is 29.4 Å². The fourth-order valence-electron chi connectivity index (χ4n) is 6.77. The molecule has 7 N–H and O–H groups in total. The van der Waals surface area contributed by atoms with Crippen molar-refractivity contribution in [2.75, 3.05) is 25.1 Å². The van der Waals surface area contributed by atoms with Crippen LogP contribution in [0.1, 0.15) is 107 Å². The summed E-state index contributed by atoms with van der Waals surface area (Å²) in [4.78, 5) is 111. The van der Waals surface area contributed by atoms with Gasteiger partial charge in [-0.3, -0.25) is 42.6 Å². The summed E-state index contributed by atoms with van der Waals surface area (Å²) >= 11 is 0. The molecular formula is C39H68N8O9S. The first-order chi connectivity index (χ1) is 26.7. The smallest absolute Gasteiger partial charge is 0.246 e. The maximum Gasteiger partial charge on any atom is 0.246 e. The lowest BCUT2D eigenvalue weighted by Crippen LogP contribution is -2.61. The van der Waals surface area contributed by atoms with Crippen LogP contribution in [0.3, 0.4) is 0 Å². The van der Waals surface area contributed by atoms with Gasteiger partial charge in [0.25, 0.3) is 0 Å². The first kappa shape index (κ1) is 49.1. The van der Waals surface area contributed by atoms with E-state index >= 15 is 0 Å². The molecule has 0 radical (unpaired) electrons. The molecule has 0 spiro atoms. The van der Waals surface area contributed by atoms with Crippen LogP contribution in [0.25, 0.3) is 0 Å². The zero-order chi connectivity index (χ0) is 43.1.